The molecule has 4 fully saturated rings. The summed E-state index contributed by atoms with van der Waals surface area (Å²) in [5, 5.41) is 0. The van der Waals surface area contributed by atoms with Gasteiger partial charge in [0.05, 0.1) is 25.7 Å². The van der Waals surface area contributed by atoms with E-state index in [1.54, 1.807) is 19.6 Å². The van der Waals surface area contributed by atoms with Gasteiger partial charge in [-0.3, -0.25) is 9.69 Å². The predicted octanol–water partition coefficient (Wildman–Crippen LogP) is 2.13. The first-order valence-electron chi connectivity index (χ1n) is 9.82. The quantitative estimate of drug-likeness (QED) is 0.835. The lowest BCUT2D eigenvalue weighted by atomic mass is 9.75. The molecule has 1 aromatic carbocycles. The van der Waals surface area contributed by atoms with Crippen molar-refractivity contribution in [3.63, 3.8) is 0 Å². The fraction of sp³-hybridized carbons (Fsp3) is 0.524. The molecular weight excluding hydrogens is 340 g/mol. The molecule has 6 rings (SSSR count). The molecule has 4 aliphatic rings. The number of likely N-dealkylation sites (tertiary alicyclic amines) is 1. The number of methoxy groups -OCH3 is 1. The summed E-state index contributed by atoms with van der Waals surface area (Å²) in [7, 11) is 3.60. The van der Waals surface area contributed by atoms with Crippen LogP contribution in [0.4, 0.5) is 0 Å². The second-order valence-electron chi connectivity index (χ2n) is 8.08. The monoisotopic (exact) mass is 366 g/mol. The summed E-state index contributed by atoms with van der Waals surface area (Å²) in [6.45, 7) is 3.07. The van der Waals surface area contributed by atoms with E-state index in [-0.39, 0.29) is 5.91 Å². The van der Waals surface area contributed by atoms with Crippen LogP contribution in [-0.4, -0.2) is 64.1 Å². The standard InChI is InChI=1S/C21H26N4O2/c1-23-13-22-11-18(23)21(26)25-12-17(15-4-3-5-16(10-15)27-2)20-19(25)14-6-8-24(20)9-7-14/h3-5,10-11,13-14,17,19-20H,6-9,12H2,1-2H3/t17-,19-,20-/m1/s1. The van der Waals surface area contributed by atoms with Crippen LogP contribution in [0.2, 0.25) is 0 Å². The third-order valence-electron chi connectivity index (χ3n) is 6.81. The summed E-state index contributed by atoms with van der Waals surface area (Å²) >= 11 is 0. The van der Waals surface area contributed by atoms with Gasteiger partial charge in [0.1, 0.15) is 11.4 Å². The van der Waals surface area contributed by atoms with Crippen LogP contribution in [0.25, 0.3) is 0 Å². The second-order valence-corrected chi connectivity index (χ2v) is 8.08. The van der Waals surface area contributed by atoms with Gasteiger partial charge in [0.2, 0.25) is 0 Å². The molecule has 4 aliphatic heterocycles. The fourth-order valence-corrected chi connectivity index (χ4v) is 5.53. The zero-order valence-electron chi connectivity index (χ0n) is 15.9. The topological polar surface area (TPSA) is 50.6 Å². The number of nitrogens with zero attached hydrogens (tertiary/aromatic N) is 4. The molecule has 0 radical (unpaired) electrons. The largest absolute Gasteiger partial charge is 0.497 e. The minimum atomic E-state index is 0.115. The number of hydrogen-bond donors (Lipinski definition) is 0. The summed E-state index contributed by atoms with van der Waals surface area (Å²) in [4.78, 5) is 22.3. The van der Waals surface area contributed by atoms with Crippen molar-refractivity contribution in [1.29, 1.82) is 0 Å². The van der Waals surface area contributed by atoms with Gasteiger partial charge < -0.3 is 14.2 Å². The Hall–Kier alpha value is -2.34. The first-order valence-corrected chi connectivity index (χ1v) is 9.82. The van der Waals surface area contributed by atoms with Gasteiger partial charge in [-0.15, -0.1) is 0 Å². The molecule has 5 heterocycles. The lowest BCUT2D eigenvalue weighted by Gasteiger charge is -2.51. The molecule has 6 heteroatoms. The molecule has 0 saturated carbocycles. The van der Waals surface area contributed by atoms with Crippen molar-refractivity contribution in [3.8, 4) is 5.75 Å². The first kappa shape index (κ1) is 16.8. The maximum Gasteiger partial charge on any atom is 0.272 e. The Bertz CT molecular complexity index is 855. The number of carbonyl (C=O) groups excluding carboxylic acids is 1. The third kappa shape index (κ3) is 2.57. The number of imidazole rings is 1. The molecule has 4 saturated heterocycles. The van der Waals surface area contributed by atoms with E-state index in [2.05, 4.69) is 33.0 Å². The van der Waals surface area contributed by atoms with Crippen LogP contribution in [0.5, 0.6) is 5.75 Å². The van der Waals surface area contributed by atoms with E-state index in [0.29, 0.717) is 29.6 Å². The van der Waals surface area contributed by atoms with Gasteiger partial charge in [0, 0.05) is 25.6 Å². The number of aryl methyl sites for hydroxylation is 1. The minimum absolute atomic E-state index is 0.115. The van der Waals surface area contributed by atoms with Gasteiger partial charge in [0.25, 0.3) is 5.91 Å². The number of benzene rings is 1. The average molecular weight is 366 g/mol. The van der Waals surface area contributed by atoms with Crippen LogP contribution in [-0.2, 0) is 7.05 Å². The molecule has 0 spiro atoms. The van der Waals surface area contributed by atoms with Crippen molar-refractivity contribution in [1.82, 2.24) is 19.4 Å². The molecule has 2 aromatic rings. The Morgan fingerprint density at radius 2 is 2.04 bits per heavy atom. The van der Waals surface area contributed by atoms with E-state index >= 15 is 0 Å². The average Bonchev–Trinajstić information content (AvgIpc) is 3.33. The van der Waals surface area contributed by atoms with E-state index in [1.165, 1.54) is 18.4 Å². The van der Waals surface area contributed by atoms with Gasteiger partial charge in [-0.1, -0.05) is 12.1 Å². The molecule has 27 heavy (non-hydrogen) atoms. The smallest absolute Gasteiger partial charge is 0.272 e. The van der Waals surface area contributed by atoms with Gasteiger partial charge in [-0.25, -0.2) is 4.98 Å². The van der Waals surface area contributed by atoms with Crippen LogP contribution < -0.4 is 4.74 Å². The number of carbonyl (C=O) groups is 1. The zero-order valence-corrected chi connectivity index (χ0v) is 15.9. The minimum Gasteiger partial charge on any atom is -0.497 e. The van der Waals surface area contributed by atoms with Crippen LogP contribution >= 0.6 is 0 Å². The predicted molar refractivity (Wildman–Crippen MR) is 102 cm³/mol. The lowest BCUT2D eigenvalue weighted by Crippen LogP contribution is -2.60. The van der Waals surface area contributed by atoms with Crippen LogP contribution in [0.15, 0.2) is 36.8 Å². The zero-order chi connectivity index (χ0) is 18.5. The Balaban J connectivity index is 1.54. The molecule has 0 unspecified atom stereocenters. The van der Waals surface area contributed by atoms with Gasteiger partial charge >= 0.3 is 0 Å². The fourth-order valence-electron chi connectivity index (χ4n) is 5.53. The van der Waals surface area contributed by atoms with Crippen molar-refractivity contribution in [2.24, 2.45) is 13.0 Å². The van der Waals surface area contributed by atoms with E-state index in [9.17, 15) is 4.79 Å². The highest BCUT2D eigenvalue weighted by atomic mass is 16.5. The summed E-state index contributed by atoms with van der Waals surface area (Å²) in [6.07, 6.45) is 5.79. The van der Waals surface area contributed by atoms with E-state index < -0.39 is 0 Å². The normalized spacial score (nSPS) is 31.8. The van der Waals surface area contributed by atoms with Crippen molar-refractivity contribution < 1.29 is 9.53 Å². The maximum atomic E-state index is 13.4. The Kier molecular flexibility index (Phi) is 3.97. The summed E-state index contributed by atoms with van der Waals surface area (Å²) in [5.41, 5.74) is 1.95. The number of aromatic nitrogens is 2. The highest BCUT2D eigenvalue weighted by Crippen LogP contribution is 2.47. The summed E-state index contributed by atoms with van der Waals surface area (Å²) in [6, 6.07) is 9.08. The maximum absolute atomic E-state index is 13.4. The van der Waals surface area contributed by atoms with Crippen LogP contribution in [0, 0.1) is 5.92 Å². The highest BCUT2D eigenvalue weighted by Gasteiger charge is 2.54. The van der Waals surface area contributed by atoms with E-state index in [0.717, 1.165) is 25.4 Å². The SMILES string of the molecule is COc1cccc([C@H]2CN(C(=O)c3cncn3C)[C@@H]3C4CCN(CC4)[C@H]23)c1. The molecular formula is C21H26N4O2. The Morgan fingerprint density at radius 1 is 1.22 bits per heavy atom. The number of hydrogen-bond acceptors (Lipinski definition) is 4. The number of piperidine rings is 3. The van der Waals surface area contributed by atoms with Gasteiger partial charge in [-0.2, -0.15) is 0 Å². The van der Waals surface area contributed by atoms with E-state index in [4.69, 9.17) is 4.74 Å². The van der Waals surface area contributed by atoms with Crippen molar-refractivity contribution in [2.45, 2.75) is 30.8 Å². The first-order chi connectivity index (χ1) is 13.2. The molecule has 142 valence electrons. The van der Waals surface area contributed by atoms with Crippen LogP contribution in [0.3, 0.4) is 0 Å². The van der Waals surface area contributed by atoms with Crippen molar-refractivity contribution in [3.05, 3.63) is 48.0 Å². The Morgan fingerprint density at radius 3 is 2.74 bits per heavy atom. The molecule has 3 atom stereocenters. The molecule has 0 aliphatic carbocycles. The molecule has 0 N–H and O–H groups in total. The number of amides is 1. The summed E-state index contributed by atoms with van der Waals surface area (Å²) in [5.74, 6) is 1.93. The number of rotatable bonds is 3. The lowest BCUT2D eigenvalue weighted by molar-refractivity contribution is -0.00369. The summed E-state index contributed by atoms with van der Waals surface area (Å²) < 4.78 is 7.29. The van der Waals surface area contributed by atoms with E-state index in [1.807, 2.05) is 17.7 Å². The van der Waals surface area contributed by atoms with Crippen molar-refractivity contribution >= 4 is 5.91 Å². The molecule has 6 nitrogen and oxygen atoms in total. The molecule has 2 bridgehead atoms. The van der Waals surface area contributed by atoms with Crippen molar-refractivity contribution in [2.75, 3.05) is 26.7 Å². The third-order valence-corrected chi connectivity index (χ3v) is 6.81. The number of ether oxygens (including phenoxy) is 1. The van der Waals surface area contributed by atoms with Crippen LogP contribution in [0.1, 0.15) is 34.8 Å². The molecule has 1 aromatic heterocycles. The number of fused-ring (bicyclic) bond motifs is 2. The highest BCUT2D eigenvalue weighted by molar-refractivity contribution is 5.93. The Labute approximate surface area is 159 Å². The van der Waals surface area contributed by atoms with Gasteiger partial charge in [0.15, 0.2) is 0 Å². The molecule has 1 amide bonds. The van der Waals surface area contributed by atoms with Gasteiger partial charge in [-0.05, 0) is 49.5 Å². The second kappa shape index (κ2) is 6.37.